The van der Waals surface area contributed by atoms with E-state index in [9.17, 15) is 4.79 Å². The first kappa shape index (κ1) is 13.6. The van der Waals surface area contributed by atoms with E-state index in [2.05, 4.69) is 4.90 Å². The third-order valence-electron chi connectivity index (χ3n) is 3.38. The summed E-state index contributed by atoms with van der Waals surface area (Å²) in [5, 5.41) is 0. The Hall–Kier alpha value is -0.810. The summed E-state index contributed by atoms with van der Waals surface area (Å²) >= 11 is 0. The lowest BCUT2D eigenvalue weighted by Crippen LogP contribution is -2.45. The lowest BCUT2D eigenvalue weighted by atomic mass is 10.2. The Labute approximate surface area is 109 Å². The highest BCUT2D eigenvalue weighted by atomic mass is 16.6. The van der Waals surface area contributed by atoms with E-state index in [1.807, 2.05) is 25.7 Å². The van der Waals surface area contributed by atoms with Gasteiger partial charge in [-0.15, -0.1) is 0 Å². The average Bonchev–Trinajstić information content (AvgIpc) is 2.77. The zero-order valence-electron chi connectivity index (χ0n) is 11.6. The van der Waals surface area contributed by atoms with Crippen LogP contribution in [0, 0.1) is 0 Å². The molecule has 2 rings (SSSR count). The first-order chi connectivity index (χ1) is 8.46. The highest BCUT2D eigenvalue weighted by Crippen LogP contribution is 2.19. The second-order valence-electron chi connectivity index (χ2n) is 6.02. The Morgan fingerprint density at radius 2 is 1.89 bits per heavy atom. The van der Waals surface area contributed by atoms with Gasteiger partial charge in [0.2, 0.25) is 0 Å². The van der Waals surface area contributed by atoms with Crippen LogP contribution in [0.4, 0.5) is 4.79 Å². The molecule has 0 aromatic heterocycles. The fourth-order valence-corrected chi connectivity index (χ4v) is 2.47. The number of amides is 1. The van der Waals surface area contributed by atoms with Crippen molar-refractivity contribution >= 4 is 6.09 Å². The normalized spacial score (nSPS) is 26.4. The summed E-state index contributed by atoms with van der Waals surface area (Å²) in [6.07, 6.45) is 0.859. The van der Waals surface area contributed by atoms with Gasteiger partial charge in [-0.05, 0) is 27.2 Å². The second-order valence-corrected chi connectivity index (χ2v) is 6.02. The van der Waals surface area contributed by atoms with Crippen LogP contribution in [-0.4, -0.2) is 66.9 Å². The molecule has 1 amide bonds. The maximum atomic E-state index is 11.9. The zero-order valence-corrected chi connectivity index (χ0v) is 11.6. The molecule has 104 valence electrons. The number of hydrogen-bond acceptors (Lipinski definition) is 4. The molecule has 0 unspecified atom stereocenters. The van der Waals surface area contributed by atoms with Gasteiger partial charge in [0.25, 0.3) is 0 Å². The summed E-state index contributed by atoms with van der Waals surface area (Å²) in [6, 6.07) is 0.474. The molecule has 0 aromatic rings. The monoisotopic (exact) mass is 256 g/mol. The third kappa shape index (κ3) is 3.59. The summed E-state index contributed by atoms with van der Waals surface area (Å²) < 4.78 is 10.8. The van der Waals surface area contributed by atoms with Gasteiger partial charge in [-0.3, -0.25) is 4.90 Å². The SMILES string of the molecule is CC(C)(C)OC(=O)N1CC[C@@H](N2CCOCC2)C1. The van der Waals surface area contributed by atoms with Crippen molar-refractivity contribution < 1.29 is 14.3 Å². The van der Waals surface area contributed by atoms with Crippen LogP contribution in [-0.2, 0) is 9.47 Å². The molecule has 0 N–H and O–H groups in total. The lowest BCUT2D eigenvalue weighted by molar-refractivity contribution is 0.0130. The van der Waals surface area contributed by atoms with Crippen molar-refractivity contribution in [3.05, 3.63) is 0 Å². The molecule has 0 aliphatic carbocycles. The van der Waals surface area contributed by atoms with Gasteiger partial charge in [0.05, 0.1) is 13.2 Å². The van der Waals surface area contributed by atoms with E-state index in [0.29, 0.717) is 6.04 Å². The Morgan fingerprint density at radius 3 is 2.50 bits per heavy atom. The van der Waals surface area contributed by atoms with Crippen LogP contribution in [0.25, 0.3) is 0 Å². The molecule has 2 aliphatic rings. The van der Waals surface area contributed by atoms with Crippen molar-refractivity contribution in [1.29, 1.82) is 0 Å². The molecule has 0 spiro atoms. The van der Waals surface area contributed by atoms with Crippen LogP contribution < -0.4 is 0 Å². The molecule has 1 atom stereocenters. The highest BCUT2D eigenvalue weighted by molar-refractivity contribution is 5.68. The number of nitrogens with zero attached hydrogens (tertiary/aromatic N) is 2. The molecule has 2 saturated heterocycles. The minimum Gasteiger partial charge on any atom is -0.444 e. The van der Waals surface area contributed by atoms with Crippen molar-refractivity contribution in [3.8, 4) is 0 Å². The number of likely N-dealkylation sites (tertiary alicyclic amines) is 1. The first-order valence-corrected chi connectivity index (χ1v) is 6.75. The van der Waals surface area contributed by atoms with E-state index in [1.54, 1.807) is 0 Å². The molecule has 2 fully saturated rings. The van der Waals surface area contributed by atoms with E-state index in [-0.39, 0.29) is 6.09 Å². The van der Waals surface area contributed by atoms with Crippen LogP contribution in [0.3, 0.4) is 0 Å². The number of morpholine rings is 1. The molecule has 18 heavy (non-hydrogen) atoms. The summed E-state index contributed by atoms with van der Waals surface area (Å²) in [4.78, 5) is 16.2. The van der Waals surface area contributed by atoms with Crippen LogP contribution in [0.5, 0.6) is 0 Å². The maximum Gasteiger partial charge on any atom is 0.410 e. The minimum absolute atomic E-state index is 0.182. The molecule has 5 nitrogen and oxygen atoms in total. The molecular weight excluding hydrogens is 232 g/mol. The molecule has 2 heterocycles. The van der Waals surface area contributed by atoms with E-state index >= 15 is 0 Å². The summed E-state index contributed by atoms with van der Waals surface area (Å²) in [5.41, 5.74) is -0.409. The summed E-state index contributed by atoms with van der Waals surface area (Å²) in [6.45, 7) is 10.9. The standard InChI is InChI=1S/C13H24N2O3/c1-13(2,3)18-12(16)15-5-4-11(10-15)14-6-8-17-9-7-14/h11H,4-10H2,1-3H3/t11-/m1/s1. The molecule has 2 aliphatic heterocycles. The van der Waals surface area contributed by atoms with Crippen molar-refractivity contribution in [1.82, 2.24) is 9.80 Å². The number of ether oxygens (including phenoxy) is 2. The largest absolute Gasteiger partial charge is 0.444 e. The number of rotatable bonds is 1. The molecule has 5 heteroatoms. The average molecular weight is 256 g/mol. The van der Waals surface area contributed by atoms with Crippen LogP contribution in [0.1, 0.15) is 27.2 Å². The summed E-state index contributed by atoms with van der Waals surface area (Å²) in [5.74, 6) is 0. The predicted octanol–water partition coefficient (Wildman–Crippen LogP) is 1.33. The molecular formula is C13H24N2O3. The summed E-state index contributed by atoms with van der Waals surface area (Å²) in [7, 11) is 0. The number of carbonyl (C=O) groups is 1. The molecule has 0 aromatic carbocycles. The second kappa shape index (κ2) is 5.45. The van der Waals surface area contributed by atoms with Crippen molar-refractivity contribution in [2.24, 2.45) is 0 Å². The topological polar surface area (TPSA) is 42.0 Å². The quantitative estimate of drug-likeness (QED) is 0.710. The van der Waals surface area contributed by atoms with Crippen LogP contribution in [0.15, 0.2) is 0 Å². The number of carbonyl (C=O) groups excluding carboxylic acids is 1. The van der Waals surface area contributed by atoms with Crippen molar-refractivity contribution in [3.63, 3.8) is 0 Å². The Balaban J connectivity index is 1.82. The molecule has 0 saturated carbocycles. The van der Waals surface area contributed by atoms with Gasteiger partial charge in [-0.25, -0.2) is 4.79 Å². The molecule has 0 bridgehead atoms. The van der Waals surface area contributed by atoms with Gasteiger partial charge < -0.3 is 14.4 Å². The van der Waals surface area contributed by atoms with E-state index < -0.39 is 5.60 Å². The van der Waals surface area contributed by atoms with Gasteiger partial charge in [-0.2, -0.15) is 0 Å². The van der Waals surface area contributed by atoms with E-state index in [0.717, 1.165) is 45.8 Å². The smallest absolute Gasteiger partial charge is 0.410 e. The van der Waals surface area contributed by atoms with Gasteiger partial charge in [-0.1, -0.05) is 0 Å². The van der Waals surface area contributed by atoms with Gasteiger partial charge in [0.15, 0.2) is 0 Å². The third-order valence-corrected chi connectivity index (χ3v) is 3.38. The minimum atomic E-state index is -0.409. The van der Waals surface area contributed by atoms with Crippen LogP contribution >= 0.6 is 0 Å². The van der Waals surface area contributed by atoms with Gasteiger partial charge in [0.1, 0.15) is 5.60 Å². The fraction of sp³-hybridized carbons (Fsp3) is 0.923. The number of hydrogen-bond donors (Lipinski definition) is 0. The van der Waals surface area contributed by atoms with E-state index in [1.165, 1.54) is 0 Å². The highest BCUT2D eigenvalue weighted by Gasteiger charge is 2.33. The van der Waals surface area contributed by atoms with Gasteiger partial charge >= 0.3 is 6.09 Å². The van der Waals surface area contributed by atoms with E-state index in [4.69, 9.17) is 9.47 Å². The lowest BCUT2D eigenvalue weighted by Gasteiger charge is -2.32. The van der Waals surface area contributed by atoms with Crippen molar-refractivity contribution in [2.45, 2.75) is 38.8 Å². The van der Waals surface area contributed by atoms with Crippen LogP contribution in [0.2, 0.25) is 0 Å². The van der Waals surface area contributed by atoms with Crippen molar-refractivity contribution in [2.75, 3.05) is 39.4 Å². The zero-order chi connectivity index (χ0) is 13.2. The van der Waals surface area contributed by atoms with Gasteiger partial charge in [0, 0.05) is 32.2 Å². The Morgan fingerprint density at radius 1 is 1.22 bits per heavy atom. The maximum absolute atomic E-state index is 11.9. The first-order valence-electron chi connectivity index (χ1n) is 6.75. The predicted molar refractivity (Wildman–Crippen MR) is 68.6 cm³/mol. The Kier molecular flexibility index (Phi) is 4.12. The Bertz CT molecular complexity index is 295. The molecule has 0 radical (unpaired) electrons. The fourth-order valence-electron chi connectivity index (χ4n) is 2.47.